The Morgan fingerprint density at radius 1 is 1.10 bits per heavy atom. The largest absolute Gasteiger partial charge is 0.508 e. The highest BCUT2D eigenvalue weighted by molar-refractivity contribution is 5.85. The molecule has 1 aromatic carbocycles. The van der Waals surface area contributed by atoms with Crippen molar-refractivity contribution in [1.29, 1.82) is 0 Å². The number of nitrogens with zero attached hydrogens (tertiary/aromatic N) is 1. The molecule has 4 N–H and O–H groups in total. The summed E-state index contributed by atoms with van der Waals surface area (Å²) < 4.78 is 0. The zero-order chi connectivity index (χ0) is 13.8. The summed E-state index contributed by atoms with van der Waals surface area (Å²) in [6.45, 7) is 5.71. The van der Waals surface area contributed by atoms with Crippen molar-refractivity contribution in [2.24, 2.45) is 0 Å². The quantitative estimate of drug-likeness (QED) is 0.678. The Bertz CT molecular complexity index is 417. The molecule has 0 aromatic heterocycles. The average Bonchev–Trinajstić information content (AvgIpc) is 2.37. The van der Waals surface area contributed by atoms with Gasteiger partial charge in [0.25, 0.3) is 0 Å². The molecule has 7 heteroatoms. The molecule has 0 aliphatic carbocycles. The van der Waals surface area contributed by atoms with Crippen LogP contribution < -0.4 is 5.32 Å². The monoisotopic (exact) mass is 338 g/mol. The zero-order valence-electron chi connectivity index (χ0n) is 12.1. The second-order valence-corrected chi connectivity index (χ2v) is 4.99. The molecule has 0 saturated carbocycles. The molecule has 1 fully saturated rings. The van der Waals surface area contributed by atoms with Crippen molar-refractivity contribution < 1.29 is 15.3 Å². The van der Waals surface area contributed by atoms with Gasteiger partial charge in [-0.25, -0.2) is 0 Å². The summed E-state index contributed by atoms with van der Waals surface area (Å²) in [5.74, 6) is -0.182. The van der Waals surface area contributed by atoms with E-state index in [4.69, 9.17) is 0 Å². The SMILES string of the molecule is CCC[C@H](c1c(O)cc(O)cc1O)N1CCNCC1.Cl.Cl. The first-order chi connectivity index (χ1) is 9.13. The second kappa shape index (κ2) is 9.20. The lowest BCUT2D eigenvalue weighted by atomic mass is 9.97. The lowest BCUT2D eigenvalue weighted by molar-refractivity contribution is 0.159. The van der Waals surface area contributed by atoms with Crippen LogP contribution >= 0.6 is 24.8 Å². The van der Waals surface area contributed by atoms with Gasteiger partial charge in [0.2, 0.25) is 0 Å². The number of halogens is 2. The number of hydrogen-bond donors (Lipinski definition) is 4. The maximum atomic E-state index is 10.0. The summed E-state index contributed by atoms with van der Waals surface area (Å²) in [7, 11) is 0. The topological polar surface area (TPSA) is 76.0 Å². The highest BCUT2D eigenvalue weighted by Crippen LogP contribution is 2.40. The van der Waals surface area contributed by atoms with Crippen LogP contribution in [-0.2, 0) is 0 Å². The number of benzene rings is 1. The van der Waals surface area contributed by atoms with Crippen molar-refractivity contribution in [3.05, 3.63) is 17.7 Å². The predicted octanol–water partition coefficient (Wildman–Crippen LogP) is 2.39. The second-order valence-electron chi connectivity index (χ2n) is 4.99. The van der Waals surface area contributed by atoms with Gasteiger partial charge in [0.1, 0.15) is 17.2 Å². The summed E-state index contributed by atoms with van der Waals surface area (Å²) in [6.07, 6.45) is 1.83. The minimum absolute atomic E-state index is 0. The van der Waals surface area contributed by atoms with E-state index in [1.54, 1.807) is 0 Å². The molecule has 5 nitrogen and oxygen atoms in total. The van der Waals surface area contributed by atoms with Crippen LogP contribution in [0.1, 0.15) is 31.4 Å². The first-order valence-corrected chi connectivity index (χ1v) is 6.83. The maximum Gasteiger partial charge on any atom is 0.127 e. The molecule has 0 radical (unpaired) electrons. The summed E-state index contributed by atoms with van der Waals surface area (Å²) in [5, 5.41) is 32.8. The zero-order valence-corrected chi connectivity index (χ0v) is 13.7. The molecule has 1 aliphatic rings. The van der Waals surface area contributed by atoms with Crippen molar-refractivity contribution in [2.75, 3.05) is 26.2 Å². The highest BCUT2D eigenvalue weighted by atomic mass is 35.5. The Hall–Kier alpha value is -0.880. The predicted molar refractivity (Wildman–Crippen MR) is 88.0 cm³/mol. The fourth-order valence-electron chi connectivity index (χ4n) is 2.73. The van der Waals surface area contributed by atoms with Crippen molar-refractivity contribution in [3.8, 4) is 17.2 Å². The number of phenols is 3. The Morgan fingerprint density at radius 2 is 1.62 bits per heavy atom. The third kappa shape index (κ3) is 4.81. The van der Waals surface area contributed by atoms with E-state index in [9.17, 15) is 15.3 Å². The van der Waals surface area contributed by atoms with Crippen LogP contribution in [0.15, 0.2) is 12.1 Å². The number of hydrogen-bond acceptors (Lipinski definition) is 5. The van der Waals surface area contributed by atoms with Crippen LogP contribution in [0.4, 0.5) is 0 Å². The van der Waals surface area contributed by atoms with Gasteiger partial charge in [-0.2, -0.15) is 0 Å². The molecule has 1 heterocycles. The van der Waals surface area contributed by atoms with Gasteiger partial charge >= 0.3 is 0 Å². The van der Waals surface area contributed by atoms with E-state index >= 15 is 0 Å². The first kappa shape index (κ1) is 20.1. The van der Waals surface area contributed by atoms with Crippen LogP contribution in [-0.4, -0.2) is 46.4 Å². The van der Waals surface area contributed by atoms with E-state index in [1.807, 2.05) is 0 Å². The van der Waals surface area contributed by atoms with Gasteiger partial charge in [-0.3, -0.25) is 4.90 Å². The van der Waals surface area contributed by atoms with Crippen molar-refractivity contribution in [3.63, 3.8) is 0 Å². The average molecular weight is 339 g/mol. The van der Waals surface area contributed by atoms with E-state index in [0.717, 1.165) is 39.0 Å². The Kier molecular flexibility index (Phi) is 8.82. The van der Waals surface area contributed by atoms with Crippen LogP contribution in [0.25, 0.3) is 0 Å². The van der Waals surface area contributed by atoms with Gasteiger partial charge in [0.15, 0.2) is 0 Å². The number of phenolic OH excluding ortho intramolecular Hbond substituents is 3. The standard InChI is InChI=1S/C14H22N2O3.2ClH/c1-2-3-11(16-6-4-15-5-7-16)14-12(18)8-10(17)9-13(14)19;;/h8-9,11,15,17-19H,2-7H2,1H3;2*1H/t11-;;/m1../s1. The molecule has 1 aromatic rings. The van der Waals surface area contributed by atoms with Crippen LogP contribution in [0.3, 0.4) is 0 Å². The van der Waals surface area contributed by atoms with E-state index in [1.165, 1.54) is 12.1 Å². The lowest BCUT2D eigenvalue weighted by Gasteiger charge is -2.35. The molecule has 122 valence electrons. The van der Waals surface area contributed by atoms with E-state index in [-0.39, 0.29) is 48.1 Å². The van der Waals surface area contributed by atoms with Gasteiger partial charge < -0.3 is 20.6 Å². The molecular weight excluding hydrogens is 315 g/mol. The minimum atomic E-state index is -0.116. The fourth-order valence-corrected chi connectivity index (χ4v) is 2.73. The van der Waals surface area contributed by atoms with E-state index < -0.39 is 0 Å². The Balaban J connectivity index is 0.00000200. The fraction of sp³-hybridized carbons (Fsp3) is 0.571. The van der Waals surface area contributed by atoms with Gasteiger partial charge in [-0.1, -0.05) is 13.3 Å². The minimum Gasteiger partial charge on any atom is -0.508 e. The van der Waals surface area contributed by atoms with Gasteiger partial charge in [0, 0.05) is 44.4 Å². The summed E-state index contributed by atoms with van der Waals surface area (Å²) in [5.41, 5.74) is 0.529. The van der Waals surface area contributed by atoms with E-state index in [2.05, 4.69) is 17.1 Å². The molecule has 1 aliphatic heterocycles. The molecule has 0 unspecified atom stereocenters. The molecule has 2 rings (SSSR count). The molecule has 1 saturated heterocycles. The third-order valence-electron chi connectivity index (χ3n) is 3.61. The molecule has 1 atom stereocenters. The normalized spacial score (nSPS) is 16.6. The summed E-state index contributed by atoms with van der Waals surface area (Å²) >= 11 is 0. The van der Waals surface area contributed by atoms with Crippen LogP contribution in [0.2, 0.25) is 0 Å². The summed E-state index contributed by atoms with van der Waals surface area (Å²) in [6, 6.07) is 2.58. The molecule has 0 bridgehead atoms. The molecule has 0 amide bonds. The van der Waals surface area contributed by atoms with Crippen molar-refractivity contribution >= 4 is 24.8 Å². The summed E-state index contributed by atoms with van der Waals surface area (Å²) in [4.78, 5) is 2.27. The third-order valence-corrected chi connectivity index (χ3v) is 3.61. The molecule has 0 spiro atoms. The Morgan fingerprint density at radius 3 is 2.10 bits per heavy atom. The van der Waals surface area contributed by atoms with Crippen LogP contribution in [0.5, 0.6) is 17.2 Å². The van der Waals surface area contributed by atoms with E-state index in [0.29, 0.717) is 5.56 Å². The number of aromatic hydroxyl groups is 3. The number of nitrogens with one attached hydrogen (secondary N) is 1. The highest BCUT2D eigenvalue weighted by Gasteiger charge is 2.26. The van der Waals surface area contributed by atoms with Crippen LogP contribution in [0, 0.1) is 0 Å². The smallest absolute Gasteiger partial charge is 0.127 e. The van der Waals surface area contributed by atoms with Crippen molar-refractivity contribution in [1.82, 2.24) is 10.2 Å². The van der Waals surface area contributed by atoms with Crippen molar-refractivity contribution in [2.45, 2.75) is 25.8 Å². The lowest BCUT2D eigenvalue weighted by Crippen LogP contribution is -2.45. The van der Waals surface area contributed by atoms with Gasteiger partial charge in [-0.15, -0.1) is 24.8 Å². The Labute approximate surface area is 137 Å². The number of rotatable bonds is 4. The van der Waals surface area contributed by atoms with Gasteiger partial charge in [-0.05, 0) is 6.42 Å². The first-order valence-electron chi connectivity index (χ1n) is 6.83. The molecular formula is C14H24Cl2N2O3. The van der Waals surface area contributed by atoms with Gasteiger partial charge in [0.05, 0.1) is 5.56 Å². The maximum absolute atomic E-state index is 10.0. The molecule has 21 heavy (non-hydrogen) atoms. The number of piperazine rings is 1.